The van der Waals surface area contributed by atoms with Gasteiger partial charge in [-0.1, -0.05) is 91.0 Å². The van der Waals surface area contributed by atoms with Crippen molar-refractivity contribution < 1.29 is 4.79 Å². The molecule has 0 spiro atoms. The molecular weight excluding hydrogens is 354 g/mol. The molecule has 0 aromatic heterocycles. The topological polar surface area (TPSA) is 40.9 Å². The average molecular weight is 404 g/mol. The van der Waals surface area contributed by atoms with Gasteiger partial charge in [-0.05, 0) is 63.5 Å². The molecule has 0 aliphatic rings. The van der Waals surface area contributed by atoms with Crippen LogP contribution < -0.4 is 0 Å². The second-order valence-corrected chi connectivity index (χ2v) is 9.13. The summed E-state index contributed by atoms with van der Waals surface area (Å²) in [5.41, 5.74) is 1.22. The lowest BCUT2D eigenvalue weighted by molar-refractivity contribution is -0.133. The number of Topliss-reactive ketones (excluding diaryl/α,β-unsaturated/α-hetero) is 1. The molecule has 1 N–H and O–H groups in total. The molecule has 0 radical (unpaired) electrons. The zero-order chi connectivity index (χ0) is 22.1. The zero-order valence-corrected chi connectivity index (χ0v) is 20.4. The molecule has 0 saturated carbocycles. The van der Waals surface area contributed by atoms with Crippen LogP contribution in [0, 0.1) is 22.7 Å². The van der Waals surface area contributed by atoms with E-state index in [1.165, 1.54) is 24.6 Å². The predicted octanol–water partition coefficient (Wildman–Crippen LogP) is 8.71. The number of rotatable bonds is 18. The highest BCUT2D eigenvalue weighted by Crippen LogP contribution is 2.36. The first-order valence-corrected chi connectivity index (χ1v) is 12.3. The summed E-state index contributed by atoms with van der Waals surface area (Å²) in [6.07, 6.45) is 21.0. The molecule has 0 bridgehead atoms. The number of allylic oxidation sites excluding steroid dienone is 4. The Labute approximate surface area is 182 Å². The van der Waals surface area contributed by atoms with Gasteiger partial charge in [0, 0.05) is 11.3 Å². The van der Waals surface area contributed by atoms with Gasteiger partial charge in [0.1, 0.15) is 5.78 Å². The van der Waals surface area contributed by atoms with Gasteiger partial charge in [-0.3, -0.25) is 4.79 Å². The van der Waals surface area contributed by atoms with E-state index in [0.29, 0.717) is 11.7 Å². The molecule has 2 nitrogen and oxygen atoms in total. The maximum atomic E-state index is 13.4. The molecule has 0 amide bonds. The van der Waals surface area contributed by atoms with Crippen LogP contribution >= 0.6 is 0 Å². The summed E-state index contributed by atoms with van der Waals surface area (Å²) < 4.78 is 0. The fourth-order valence-corrected chi connectivity index (χ4v) is 4.67. The van der Waals surface area contributed by atoms with Gasteiger partial charge in [0.15, 0.2) is 0 Å². The van der Waals surface area contributed by atoms with Crippen LogP contribution in [-0.2, 0) is 4.79 Å². The molecule has 168 valence electrons. The third-order valence-corrected chi connectivity index (χ3v) is 6.15. The minimum absolute atomic E-state index is 0.119. The lowest BCUT2D eigenvalue weighted by Crippen LogP contribution is -2.33. The molecule has 0 fully saturated rings. The largest absolute Gasteiger partial charge is 0.313 e. The molecule has 2 unspecified atom stereocenters. The minimum atomic E-state index is -0.212. The van der Waals surface area contributed by atoms with E-state index in [9.17, 15) is 4.79 Å². The second kappa shape index (κ2) is 16.6. The monoisotopic (exact) mass is 403 g/mol. The quantitative estimate of drug-likeness (QED) is 0.180. The van der Waals surface area contributed by atoms with Gasteiger partial charge in [-0.2, -0.15) is 0 Å². The standard InChI is InChI=1S/C27H49NO/c1-7-14-24(15-8-2)17-11-12-20-27(6,19-10-4)26(29)23(5)22-25(16-9-3)18-13-21-28/h11,14,17,21,23,25,28H,7-10,12-13,15-16,18-20,22H2,1-6H3/b17-11-,24-14+,28-21?/t23-,25?,27?/m0/s1. The van der Waals surface area contributed by atoms with Crippen LogP contribution in [0.25, 0.3) is 0 Å². The maximum absolute atomic E-state index is 13.4. The maximum Gasteiger partial charge on any atom is 0.141 e. The van der Waals surface area contributed by atoms with Crippen molar-refractivity contribution in [1.29, 1.82) is 5.41 Å². The Hall–Kier alpha value is -1.18. The van der Waals surface area contributed by atoms with E-state index in [1.54, 1.807) is 0 Å². The molecule has 29 heavy (non-hydrogen) atoms. The Balaban J connectivity index is 5.01. The molecule has 0 aliphatic carbocycles. The number of hydrogen-bond acceptors (Lipinski definition) is 2. The molecule has 0 saturated heterocycles. The van der Waals surface area contributed by atoms with Crippen molar-refractivity contribution in [3.63, 3.8) is 0 Å². The van der Waals surface area contributed by atoms with Crippen molar-refractivity contribution in [1.82, 2.24) is 0 Å². The second-order valence-electron chi connectivity index (χ2n) is 9.13. The molecule has 0 aliphatic heterocycles. The normalized spacial score (nSPS) is 16.6. The number of hydrogen-bond donors (Lipinski definition) is 1. The fourth-order valence-electron chi connectivity index (χ4n) is 4.67. The summed E-state index contributed by atoms with van der Waals surface area (Å²) in [5, 5.41) is 7.32. The fraction of sp³-hybridized carbons (Fsp3) is 0.778. The number of ketones is 1. The third kappa shape index (κ3) is 11.6. The van der Waals surface area contributed by atoms with E-state index >= 15 is 0 Å². The molecule has 3 atom stereocenters. The highest BCUT2D eigenvalue weighted by atomic mass is 16.1. The van der Waals surface area contributed by atoms with Crippen molar-refractivity contribution in [2.75, 3.05) is 0 Å². The van der Waals surface area contributed by atoms with Gasteiger partial charge in [-0.15, -0.1) is 0 Å². The zero-order valence-electron chi connectivity index (χ0n) is 20.4. The van der Waals surface area contributed by atoms with Gasteiger partial charge in [0.25, 0.3) is 0 Å². The number of carbonyl (C=O) groups excluding carboxylic acids is 1. The molecule has 2 heteroatoms. The van der Waals surface area contributed by atoms with Crippen LogP contribution in [0.1, 0.15) is 119 Å². The summed E-state index contributed by atoms with van der Waals surface area (Å²) in [6.45, 7) is 13.2. The first-order chi connectivity index (χ1) is 13.9. The van der Waals surface area contributed by atoms with Gasteiger partial charge < -0.3 is 5.41 Å². The molecular formula is C27H49NO. The van der Waals surface area contributed by atoms with E-state index < -0.39 is 0 Å². The molecule has 0 rings (SSSR count). The van der Waals surface area contributed by atoms with Gasteiger partial charge >= 0.3 is 0 Å². The molecule has 0 heterocycles. The summed E-state index contributed by atoms with van der Waals surface area (Å²) in [5.74, 6) is 1.15. The highest BCUT2D eigenvalue weighted by molar-refractivity contribution is 5.86. The van der Waals surface area contributed by atoms with E-state index in [2.05, 4.69) is 59.8 Å². The third-order valence-electron chi connectivity index (χ3n) is 6.15. The van der Waals surface area contributed by atoms with E-state index in [4.69, 9.17) is 5.41 Å². The lowest BCUT2D eigenvalue weighted by atomic mass is 9.71. The Kier molecular flexibility index (Phi) is 15.9. The van der Waals surface area contributed by atoms with Crippen molar-refractivity contribution in [3.05, 3.63) is 23.8 Å². The highest BCUT2D eigenvalue weighted by Gasteiger charge is 2.35. The Bertz CT molecular complexity index is 505. The average Bonchev–Trinajstić information content (AvgIpc) is 2.69. The summed E-state index contributed by atoms with van der Waals surface area (Å²) in [6, 6.07) is 0. The number of nitrogens with one attached hydrogen (secondary N) is 1. The van der Waals surface area contributed by atoms with Crippen molar-refractivity contribution in [2.24, 2.45) is 17.3 Å². The van der Waals surface area contributed by atoms with Crippen LogP contribution in [0.15, 0.2) is 23.8 Å². The van der Waals surface area contributed by atoms with E-state index in [1.807, 2.05) is 0 Å². The Morgan fingerprint density at radius 1 is 1.00 bits per heavy atom. The van der Waals surface area contributed by atoms with Crippen LogP contribution in [0.4, 0.5) is 0 Å². The van der Waals surface area contributed by atoms with Crippen LogP contribution in [0.2, 0.25) is 0 Å². The van der Waals surface area contributed by atoms with Crippen molar-refractivity contribution in [3.8, 4) is 0 Å². The van der Waals surface area contributed by atoms with Crippen molar-refractivity contribution >= 4 is 12.0 Å². The minimum Gasteiger partial charge on any atom is -0.313 e. The van der Waals surface area contributed by atoms with Crippen LogP contribution in [-0.4, -0.2) is 12.0 Å². The van der Waals surface area contributed by atoms with Gasteiger partial charge in [0.2, 0.25) is 0 Å². The number of carbonyl (C=O) groups is 1. The SMILES string of the molecule is CC/C=C(/C=C\CCC(C)(CCC)C(=O)[C@@H](C)CC(CCC)CCC=N)CCC. The molecule has 0 aromatic rings. The Morgan fingerprint density at radius 3 is 2.28 bits per heavy atom. The summed E-state index contributed by atoms with van der Waals surface area (Å²) >= 11 is 0. The lowest BCUT2D eigenvalue weighted by Gasteiger charge is -2.32. The van der Waals surface area contributed by atoms with E-state index in [-0.39, 0.29) is 11.3 Å². The van der Waals surface area contributed by atoms with Gasteiger partial charge in [0.05, 0.1) is 0 Å². The first-order valence-electron chi connectivity index (χ1n) is 12.3. The van der Waals surface area contributed by atoms with Crippen LogP contribution in [0.5, 0.6) is 0 Å². The van der Waals surface area contributed by atoms with Crippen LogP contribution in [0.3, 0.4) is 0 Å². The first kappa shape index (κ1) is 27.8. The van der Waals surface area contributed by atoms with Crippen molar-refractivity contribution in [2.45, 2.75) is 119 Å². The van der Waals surface area contributed by atoms with Gasteiger partial charge in [-0.25, -0.2) is 0 Å². The predicted molar refractivity (Wildman–Crippen MR) is 130 cm³/mol. The Morgan fingerprint density at radius 2 is 1.72 bits per heavy atom. The smallest absolute Gasteiger partial charge is 0.141 e. The summed E-state index contributed by atoms with van der Waals surface area (Å²) in [4.78, 5) is 13.4. The summed E-state index contributed by atoms with van der Waals surface area (Å²) in [7, 11) is 0. The molecule has 0 aromatic carbocycles. The van der Waals surface area contributed by atoms with E-state index in [0.717, 1.165) is 64.2 Å².